The molecule has 112 valence electrons. The van der Waals surface area contributed by atoms with Crippen molar-refractivity contribution in [3.05, 3.63) is 17.6 Å². The van der Waals surface area contributed by atoms with Crippen molar-refractivity contribution in [2.45, 2.75) is 33.1 Å². The van der Waals surface area contributed by atoms with Crippen LogP contribution in [0.3, 0.4) is 0 Å². The van der Waals surface area contributed by atoms with E-state index in [9.17, 15) is 5.11 Å². The first-order valence-corrected chi connectivity index (χ1v) is 7.25. The summed E-state index contributed by atoms with van der Waals surface area (Å²) in [5.41, 5.74) is 1.02. The average Bonchev–Trinajstić information content (AvgIpc) is 2.48. The van der Waals surface area contributed by atoms with Crippen molar-refractivity contribution in [1.82, 2.24) is 9.97 Å². The van der Waals surface area contributed by atoms with Crippen LogP contribution in [0.25, 0.3) is 0 Å². The number of hydrogen-bond acceptors (Lipinski definition) is 5. The molecule has 1 N–H and O–H groups in total. The van der Waals surface area contributed by atoms with E-state index >= 15 is 0 Å². The molecule has 2 rings (SSSR count). The molecule has 1 aromatic heterocycles. The van der Waals surface area contributed by atoms with E-state index in [0.717, 1.165) is 49.6 Å². The molecule has 0 saturated carbocycles. The third-order valence-corrected chi connectivity index (χ3v) is 4.20. The Morgan fingerprint density at radius 1 is 1.45 bits per heavy atom. The van der Waals surface area contributed by atoms with Gasteiger partial charge in [-0.3, -0.25) is 0 Å². The molecule has 1 aliphatic rings. The maximum atomic E-state index is 9.84. The largest absolute Gasteiger partial charge is 0.396 e. The smallest absolute Gasteiger partial charge is 0.135 e. The molecule has 1 atom stereocenters. The Labute approximate surface area is 121 Å². The fourth-order valence-corrected chi connectivity index (χ4v) is 2.96. The van der Waals surface area contributed by atoms with Crippen LogP contribution in [-0.2, 0) is 4.74 Å². The summed E-state index contributed by atoms with van der Waals surface area (Å²) >= 11 is 0. The topological polar surface area (TPSA) is 58.5 Å². The highest BCUT2D eigenvalue weighted by Crippen LogP contribution is 2.35. The van der Waals surface area contributed by atoms with Gasteiger partial charge >= 0.3 is 0 Å². The molecule has 1 aliphatic heterocycles. The van der Waals surface area contributed by atoms with Crippen molar-refractivity contribution >= 4 is 5.82 Å². The Bertz CT molecular complexity index is 453. The number of aryl methyl sites for hydroxylation is 2. The van der Waals surface area contributed by atoms with E-state index in [0.29, 0.717) is 6.61 Å². The number of methoxy groups -OCH3 is 1. The number of hydrogen-bond donors (Lipinski definition) is 1. The van der Waals surface area contributed by atoms with Crippen molar-refractivity contribution in [2.24, 2.45) is 5.41 Å². The number of rotatable bonds is 5. The van der Waals surface area contributed by atoms with Crippen molar-refractivity contribution in [3.8, 4) is 0 Å². The van der Waals surface area contributed by atoms with Gasteiger partial charge in [0.05, 0.1) is 6.61 Å². The highest BCUT2D eigenvalue weighted by Gasteiger charge is 2.35. The van der Waals surface area contributed by atoms with E-state index in [1.165, 1.54) is 0 Å². The number of ether oxygens (including phenoxy) is 1. The van der Waals surface area contributed by atoms with Crippen LogP contribution in [0.4, 0.5) is 5.82 Å². The zero-order valence-electron chi connectivity index (χ0n) is 12.7. The fourth-order valence-electron chi connectivity index (χ4n) is 2.96. The van der Waals surface area contributed by atoms with E-state index in [2.05, 4.69) is 14.9 Å². The second-order valence-corrected chi connectivity index (χ2v) is 5.85. The maximum absolute atomic E-state index is 9.84. The van der Waals surface area contributed by atoms with Crippen LogP contribution < -0.4 is 4.90 Å². The van der Waals surface area contributed by atoms with Gasteiger partial charge in [-0.15, -0.1) is 0 Å². The molecular formula is C15H25N3O2. The van der Waals surface area contributed by atoms with Gasteiger partial charge in [0.15, 0.2) is 0 Å². The van der Waals surface area contributed by atoms with Gasteiger partial charge in [-0.2, -0.15) is 0 Å². The minimum atomic E-state index is -0.0699. The summed E-state index contributed by atoms with van der Waals surface area (Å²) in [5, 5.41) is 9.84. The number of nitrogens with zero attached hydrogens (tertiary/aromatic N) is 3. The molecule has 1 unspecified atom stereocenters. The van der Waals surface area contributed by atoms with Gasteiger partial charge in [0.2, 0.25) is 0 Å². The zero-order chi connectivity index (χ0) is 14.6. The molecule has 0 spiro atoms. The van der Waals surface area contributed by atoms with Crippen LogP contribution in [-0.4, -0.2) is 48.5 Å². The first-order valence-electron chi connectivity index (χ1n) is 7.25. The first kappa shape index (κ1) is 15.2. The van der Waals surface area contributed by atoms with Gasteiger partial charge in [0, 0.05) is 44.0 Å². The number of aliphatic hydroxyl groups excluding tert-OH is 1. The normalized spacial score (nSPS) is 23.1. The van der Waals surface area contributed by atoms with Crippen molar-refractivity contribution < 1.29 is 9.84 Å². The number of aromatic nitrogens is 2. The standard InChI is InChI=1S/C15H25N3O2/c1-12-9-16-13(2)17-14(12)18-7-4-5-15(10-18,11-19)6-8-20-3/h9,19H,4-8,10-11H2,1-3H3. The van der Waals surface area contributed by atoms with Crippen LogP contribution in [0.2, 0.25) is 0 Å². The van der Waals surface area contributed by atoms with Gasteiger partial charge < -0.3 is 14.7 Å². The summed E-state index contributed by atoms with van der Waals surface area (Å²) in [6.07, 6.45) is 4.89. The van der Waals surface area contributed by atoms with Gasteiger partial charge in [-0.25, -0.2) is 9.97 Å². The van der Waals surface area contributed by atoms with Crippen molar-refractivity contribution in [1.29, 1.82) is 0 Å². The lowest BCUT2D eigenvalue weighted by atomic mass is 9.78. The summed E-state index contributed by atoms with van der Waals surface area (Å²) in [6, 6.07) is 0. The molecule has 0 aliphatic carbocycles. The van der Waals surface area contributed by atoms with Crippen molar-refractivity contribution in [2.75, 3.05) is 38.3 Å². The molecule has 5 nitrogen and oxygen atoms in total. The van der Waals surface area contributed by atoms with Crippen LogP contribution in [0.5, 0.6) is 0 Å². The monoisotopic (exact) mass is 279 g/mol. The SMILES string of the molecule is COCCC1(CO)CCCN(c2nc(C)ncc2C)C1. The fraction of sp³-hybridized carbons (Fsp3) is 0.733. The Morgan fingerprint density at radius 2 is 2.25 bits per heavy atom. The minimum absolute atomic E-state index is 0.0699. The van der Waals surface area contributed by atoms with Gasteiger partial charge in [0.1, 0.15) is 11.6 Å². The van der Waals surface area contributed by atoms with Crippen LogP contribution in [0, 0.1) is 19.3 Å². The molecule has 2 heterocycles. The average molecular weight is 279 g/mol. The van der Waals surface area contributed by atoms with Crippen molar-refractivity contribution in [3.63, 3.8) is 0 Å². The number of anilines is 1. The van der Waals surface area contributed by atoms with Gasteiger partial charge in [-0.05, 0) is 33.1 Å². The molecule has 5 heteroatoms. The molecule has 0 radical (unpaired) electrons. The van der Waals surface area contributed by atoms with E-state index in [1.807, 2.05) is 20.0 Å². The molecule has 1 fully saturated rings. The highest BCUT2D eigenvalue weighted by molar-refractivity contribution is 5.46. The zero-order valence-corrected chi connectivity index (χ0v) is 12.7. The number of aliphatic hydroxyl groups is 1. The Balaban J connectivity index is 2.18. The third-order valence-electron chi connectivity index (χ3n) is 4.20. The second kappa shape index (κ2) is 6.50. The molecule has 0 aromatic carbocycles. The van der Waals surface area contributed by atoms with Gasteiger partial charge in [-0.1, -0.05) is 0 Å². The number of piperidine rings is 1. The Hall–Kier alpha value is -1.20. The summed E-state index contributed by atoms with van der Waals surface area (Å²) < 4.78 is 5.20. The summed E-state index contributed by atoms with van der Waals surface area (Å²) in [7, 11) is 1.71. The quantitative estimate of drug-likeness (QED) is 0.889. The van der Waals surface area contributed by atoms with Gasteiger partial charge in [0.25, 0.3) is 0 Å². The molecule has 1 aromatic rings. The molecule has 0 bridgehead atoms. The lowest BCUT2D eigenvalue weighted by molar-refractivity contribution is 0.0624. The minimum Gasteiger partial charge on any atom is -0.396 e. The summed E-state index contributed by atoms with van der Waals surface area (Å²) in [5.74, 6) is 1.80. The Kier molecular flexibility index (Phi) is 4.94. The summed E-state index contributed by atoms with van der Waals surface area (Å²) in [4.78, 5) is 11.1. The predicted molar refractivity (Wildman–Crippen MR) is 79.0 cm³/mol. The van der Waals surface area contributed by atoms with Crippen LogP contribution in [0.1, 0.15) is 30.7 Å². The maximum Gasteiger partial charge on any atom is 0.135 e. The first-order chi connectivity index (χ1) is 9.60. The molecule has 0 amide bonds. The van der Waals surface area contributed by atoms with E-state index < -0.39 is 0 Å². The molecule has 20 heavy (non-hydrogen) atoms. The van der Waals surface area contributed by atoms with E-state index in [1.54, 1.807) is 7.11 Å². The summed E-state index contributed by atoms with van der Waals surface area (Å²) in [6.45, 7) is 6.68. The Morgan fingerprint density at radius 3 is 2.95 bits per heavy atom. The third kappa shape index (κ3) is 3.27. The van der Waals surface area contributed by atoms with Crippen LogP contribution >= 0.6 is 0 Å². The molecule has 1 saturated heterocycles. The lowest BCUT2D eigenvalue weighted by Gasteiger charge is -2.42. The van der Waals surface area contributed by atoms with E-state index in [4.69, 9.17) is 4.74 Å². The lowest BCUT2D eigenvalue weighted by Crippen LogP contribution is -2.46. The second-order valence-electron chi connectivity index (χ2n) is 5.85. The molecular weight excluding hydrogens is 254 g/mol. The predicted octanol–water partition coefficient (Wildman–Crippen LogP) is 1.71. The highest BCUT2D eigenvalue weighted by atomic mass is 16.5. The van der Waals surface area contributed by atoms with Crippen LogP contribution in [0.15, 0.2) is 6.20 Å². The van der Waals surface area contributed by atoms with E-state index in [-0.39, 0.29) is 12.0 Å².